The number of benzene rings is 2. The van der Waals surface area contributed by atoms with Gasteiger partial charge in [-0.3, -0.25) is 9.59 Å². The maximum Gasteiger partial charge on any atom is 0.251 e. The standard InChI is InChI=1S/C22H28N2O6/c1-15-6-8-17(9-7-15)30-11-10-24(2)20(25)14-23-22(26)16-12-18(27-3)21(29-5)19(13-16)28-4/h6-9,12-13H,10-11,14H2,1-5H3,(H,23,26). The van der Waals surface area contributed by atoms with Crippen LogP contribution in [0.15, 0.2) is 36.4 Å². The van der Waals surface area contributed by atoms with Gasteiger partial charge in [-0.25, -0.2) is 0 Å². The van der Waals surface area contributed by atoms with E-state index in [1.54, 1.807) is 7.05 Å². The maximum atomic E-state index is 12.5. The molecule has 2 aromatic rings. The highest BCUT2D eigenvalue weighted by Gasteiger charge is 2.18. The zero-order chi connectivity index (χ0) is 22.1. The SMILES string of the molecule is COc1cc(C(=O)NCC(=O)N(C)CCOc2ccc(C)cc2)cc(OC)c1OC. The van der Waals surface area contributed by atoms with Gasteiger partial charge in [0.25, 0.3) is 5.91 Å². The van der Waals surface area contributed by atoms with Crippen LogP contribution in [0, 0.1) is 6.92 Å². The van der Waals surface area contributed by atoms with Crippen LogP contribution in [0.25, 0.3) is 0 Å². The largest absolute Gasteiger partial charge is 0.493 e. The van der Waals surface area contributed by atoms with E-state index in [-0.39, 0.29) is 12.5 Å². The predicted octanol–water partition coefficient (Wildman–Crippen LogP) is 2.29. The molecule has 2 amide bonds. The first-order valence-corrected chi connectivity index (χ1v) is 9.41. The molecule has 0 aliphatic rings. The lowest BCUT2D eigenvalue weighted by Crippen LogP contribution is -2.39. The van der Waals surface area contributed by atoms with Crippen molar-refractivity contribution in [3.8, 4) is 23.0 Å². The van der Waals surface area contributed by atoms with Gasteiger partial charge in [-0.05, 0) is 31.2 Å². The lowest BCUT2D eigenvalue weighted by atomic mass is 10.1. The molecule has 162 valence electrons. The summed E-state index contributed by atoms with van der Waals surface area (Å²) in [6, 6.07) is 10.7. The van der Waals surface area contributed by atoms with Gasteiger partial charge in [0.15, 0.2) is 11.5 Å². The lowest BCUT2D eigenvalue weighted by molar-refractivity contribution is -0.129. The summed E-state index contributed by atoms with van der Waals surface area (Å²) in [5, 5.41) is 2.61. The summed E-state index contributed by atoms with van der Waals surface area (Å²) in [5.41, 5.74) is 1.44. The maximum absolute atomic E-state index is 12.5. The fourth-order valence-electron chi connectivity index (χ4n) is 2.66. The van der Waals surface area contributed by atoms with Crippen LogP contribution in [0.1, 0.15) is 15.9 Å². The van der Waals surface area contributed by atoms with Gasteiger partial charge in [0.2, 0.25) is 11.7 Å². The second-order valence-corrected chi connectivity index (χ2v) is 6.57. The average Bonchev–Trinajstić information content (AvgIpc) is 2.77. The van der Waals surface area contributed by atoms with Crippen LogP contribution in [-0.2, 0) is 4.79 Å². The third kappa shape index (κ3) is 6.04. The number of aryl methyl sites for hydroxylation is 1. The zero-order valence-electron chi connectivity index (χ0n) is 18.0. The number of ether oxygens (including phenoxy) is 4. The Labute approximate surface area is 176 Å². The summed E-state index contributed by atoms with van der Waals surface area (Å²) in [5.74, 6) is 1.20. The van der Waals surface area contributed by atoms with Gasteiger partial charge in [0.1, 0.15) is 12.4 Å². The molecule has 0 radical (unpaired) electrons. The fourth-order valence-corrected chi connectivity index (χ4v) is 2.66. The van der Waals surface area contributed by atoms with E-state index in [2.05, 4.69) is 5.32 Å². The number of carbonyl (C=O) groups is 2. The molecule has 0 aliphatic heterocycles. The molecule has 1 N–H and O–H groups in total. The smallest absolute Gasteiger partial charge is 0.251 e. The van der Waals surface area contributed by atoms with Crippen LogP contribution in [0.3, 0.4) is 0 Å². The van der Waals surface area contributed by atoms with Gasteiger partial charge in [-0.2, -0.15) is 0 Å². The molecule has 0 saturated carbocycles. The molecule has 2 rings (SSSR count). The Morgan fingerprint density at radius 3 is 2.10 bits per heavy atom. The number of hydrogen-bond acceptors (Lipinski definition) is 6. The lowest BCUT2D eigenvalue weighted by Gasteiger charge is -2.18. The molecular weight excluding hydrogens is 388 g/mol. The van der Waals surface area contributed by atoms with E-state index in [0.717, 1.165) is 11.3 Å². The second kappa shape index (κ2) is 10.9. The normalized spacial score (nSPS) is 10.2. The number of rotatable bonds is 10. The van der Waals surface area contributed by atoms with Crippen LogP contribution < -0.4 is 24.3 Å². The number of carbonyl (C=O) groups excluding carboxylic acids is 2. The van der Waals surface area contributed by atoms with Crippen LogP contribution in [0.4, 0.5) is 0 Å². The summed E-state index contributed by atoms with van der Waals surface area (Å²) in [6.45, 7) is 2.61. The molecule has 0 heterocycles. The van der Waals surface area contributed by atoms with Crippen molar-refractivity contribution in [3.63, 3.8) is 0 Å². The average molecular weight is 416 g/mol. The summed E-state index contributed by atoms with van der Waals surface area (Å²) in [6.07, 6.45) is 0. The molecule has 0 bridgehead atoms. The molecule has 30 heavy (non-hydrogen) atoms. The molecule has 0 aromatic heterocycles. The molecule has 0 saturated heterocycles. The van der Waals surface area contributed by atoms with Crippen LogP contribution in [-0.4, -0.2) is 64.8 Å². The van der Waals surface area contributed by atoms with E-state index in [4.69, 9.17) is 18.9 Å². The van der Waals surface area contributed by atoms with Gasteiger partial charge in [-0.1, -0.05) is 17.7 Å². The monoisotopic (exact) mass is 416 g/mol. The first kappa shape index (κ1) is 22.9. The van der Waals surface area contributed by atoms with Crippen molar-refractivity contribution in [2.75, 3.05) is 48.1 Å². The summed E-state index contributed by atoms with van der Waals surface area (Å²) < 4.78 is 21.4. The van der Waals surface area contributed by atoms with Crippen molar-refractivity contribution in [3.05, 3.63) is 47.5 Å². The highest BCUT2D eigenvalue weighted by molar-refractivity contribution is 5.97. The molecule has 0 aliphatic carbocycles. The van der Waals surface area contributed by atoms with Gasteiger partial charge >= 0.3 is 0 Å². The van der Waals surface area contributed by atoms with E-state index < -0.39 is 5.91 Å². The van der Waals surface area contributed by atoms with E-state index in [9.17, 15) is 9.59 Å². The van der Waals surface area contributed by atoms with E-state index in [1.807, 2.05) is 31.2 Å². The van der Waals surface area contributed by atoms with Gasteiger partial charge in [0.05, 0.1) is 34.4 Å². The van der Waals surface area contributed by atoms with Crippen LogP contribution in [0.5, 0.6) is 23.0 Å². The Hall–Kier alpha value is -3.42. The Kier molecular flexibility index (Phi) is 8.34. The van der Waals surface area contributed by atoms with Gasteiger partial charge in [0, 0.05) is 12.6 Å². The summed E-state index contributed by atoms with van der Waals surface area (Å²) >= 11 is 0. The van der Waals surface area contributed by atoms with Gasteiger partial charge in [-0.15, -0.1) is 0 Å². The molecule has 0 unspecified atom stereocenters. The highest BCUT2D eigenvalue weighted by atomic mass is 16.5. The van der Waals surface area contributed by atoms with E-state index >= 15 is 0 Å². The van der Waals surface area contributed by atoms with Gasteiger partial charge < -0.3 is 29.2 Å². The number of amides is 2. The number of hydrogen-bond donors (Lipinski definition) is 1. The van der Waals surface area contributed by atoms with Crippen molar-refractivity contribution in [1.82, 2.24) is 10.2 Å². The topological polar surface area (TPSA) is 86.3 Å². The quantitative estimate of drug-likeness (QED) is 0.640. The third-order valence-corrected chi connectivity index (χ3v) is 4.47. The minimum atomic E-state index is -0.424. The molecule has 0 fully saturated rings. The van der Waals surface area contributed by atoms with Crippen molar-refractivity contribution in [2.24, 2.45) is 0 Å². The predicted molar refractivity (Wildman–Crippen MR) is 113 cm³/mol. The third-order valence-electron chi connectivity index (χ3n) is 4.47. The Morgan fingerprint density at radius 2 is 1.57 bits per heavy atom. The van der Waals surface area contributed by atoms with Crippen LogP contribution >= 0.6 is 0 Å². The molecule has 2 aromatic carbocycles. The number of likely N-dealkylation sites (N-methyl/N-ethyl adjacent to an activating group) is 1. The molecule has 8 nitrogen and oxygen atoms in total. The van der Waals surface area contributed by atoms with Crippen LogP contribution in [0.2, 0.25) is 0 Å². The fraction of sp³-hybridized carbons (Fsp3) is 0.364. The summed E-state index contributed by atoms with van der Waals surface area (Å²) in [7, 11) is 6.08. The number of methoxy groups -OCH3 is 3. The zero-order valence-corrected chi connectivity index (χ0v) is 18.0. The first-order valence-electron chi connectivity index (χ1n) is 9.41. The van der Waals surface area contributed by atoms with Crippen molar-refractivity contribution < 1.29 is 28.5 Å². The first-order chi connectivity index (χ1) is 14.4. The number of nitrogens with zero attached hydrogens (tertiary/aromatic N) is 1. The minimum Gasteiger partial charge on any atom is -0.493 e. The second-order valence-electron chi connectivity index (χ2n) is 6.57. The molecular formula is C22H28N2O6. The summed E-state index contributed by atoms with van der Waals surface area (Å²) in [4.78, 5) is 26.3. The van der Waals surface area contributed by atoms with Crippen molar-refractivity contribution in [1.29, 1.82) is 0 Å². The number of nitrogens with one attached hydrogen (secondary N) is 1. The molecule has 8 heteroatoms. The Balaban J connectivity index is 1.87. The Bertz CT molecular complexity index is 841. The van der Waals surface area contributed by atoms with E-state index in [0.29, 0.717) is 36.0 Å². The van der Waals surface area contributed by atoms with Crippen molar-refractivity contribution >= 4 is 11.8 Å². The van der Waals surface area contributed by atoms with Crippen molar-refractivity contribution in [2.45, 2.75) is 6.92 Å². The highest BCUT2D eigenvalue weighted by Crippen LogP contribution is 2.38. The molecule has 0 atom stereocenters. The minimum absolute atomic E-state index is 0.142. The molecule has 0 spiro atoms. The Morgan fingerprint density at radius 1 is 0.967 bits per heavy atom. The van der Waals surface area contributed by atoms with E-state index in [1.165, 1.54) is 38.4 Å².